The predicted molar refractivity (Wildman–Crippen MR) is 51.2 cm³/mol. The van der Waals surface area contributed by atoms with Crippen molar-refractivity contribution in [2.45, 2.75) is 19.0 Å². The Morgan fingerprint density at radius 1 is 1.75 bits per heavy atom. The zero-order valence-corrected chi connectivity index (χ0v) is 7.73. The van der Waals surface area contributed by atoms with Gasteiger partial charge in [-0.2, -0.15) is 16.9 Å². The Hall–Kier alpha value is -0.480. The standard InChI is InChI=1S/C8H13N3S/c1-3-10-11-7(1)5-9-8-2-4-12-6-8/h1,3,8-9H,2,4-6H2,(H,10,11). The normalized spacial score (nSPS) is 23.2. The third kappa shape index (κ3) is 2.01. The van der Waals surface area contributed by atoms with Gasteiger partial charge in [-0.05, 0) is 18.2 Å². The number of nitrogens with zero attached hydrogens (tertiary/aromatic N) is 1. The van der Waals surface area contributed by atoms with Crippen molar-refractivity contribution >= 4 is 11.8 Å². The van der Waals surface area contributed by atoms with Crippen molar-refractivity contribution < 1.29 is 0 Å². The third-order valence-corrected chi connectivity index (χ3v) is 3.23. The van der Waals surface area contributed by atoms with Gasteiger partial charge in [0, 0.05) is 30.2 Å². The Balaban J connectivity index is 1.74. The molecule has 0 bridgehead atoms. The lowest BCUT2D eigenvalue weighted by atomic mass is 10.2. The minimum atomic E-state index is 0.707. The number of nitrogens with one attached hydrogen (secondary N) is 2. The smallest absolute Gasteiger partial charge is 0.0490 e. The van der Waals surface area contributed by atoms with Crippen LogP contribution < -0.4 is 5.32 Å². The monoisotopic (exact) mass is 183 g/mol. The molecule has 0 spiro atoms. The molecule has 2 heterocycles. The molecule has 0 radical (unpaired) electrons. The summed E-state index contributed by atoms with van der Waals surface area (Å²) in [6, 6.07) is 2.72. The van der Waals surface area contributed by atoms with E-state index in [9.17, 15) is 0 Å². The van der Waals surface area contributed by atoms with Gasteiger partial charge < -0.3 is 5.32 Å². The van der Waals surface area contributed by atoms with E-state index in [0.717, 1.165) is 6.54 Å². The highest BCUT2D eigenvalue weighted by atomic mass is 32.2. The van der Waals surface area contributed by atoms with E-state index in [1.807, 2.05) is 17.8 Å². The first kappa shape index (κ1) is 8.13. The lowest BCUT2D eigenvalue weighted by molar-refractivity contribution is 0.551. The van der Waals surface area contributed by atoms with Gasteiger partial charge in [0.15, 0.2) is 0 Å². The average molecular weight is 183 g/mol. The van der Waals surface area contributed by atoms with E-state index in [1.165, 1.54) is 23.6 Å². The molecule has 0 aromatic carbocycles. The molecule has 1 aliphatic rings. The van der Waals surface area contributed by atoms with Gasteiger partial charge in [-0.15, -0.1) is 0 Å². The zero-order chi connectivity index (χ0) is 8.23. The second-order valence-corrected chi connectivity index (χ2v) is 4.17. The minimum absolute atomic E-state index is 0.707. The predicted octanol–water partition coefficient (Wildman–Crippen LogP) is 1.00. The SMILES string of the molecule is c1cc(CNC2CCSC2)[nH]n1. The molecule has 1 atom stereocenters. The fourth-order valence-electron chi connectivity index (χ4n) is 1.33. The highest BCUT2D eigenvalue weighted by Crippen LogP contribution is 2.17. The number of hydrogen-bond acceptors (Lipinski definition) is 3. The maximum Gasteiger partial charge on any atom is 0.0490 e. The van der Waals surface area contributed by atoms with Crippen molar-refractivity contribution in [3.63, 3.8) is 0 Å². The number of hydrogen-bond donors (Lipinski definition) is 2. The topological polar surface area (TPSA) is 40.7 Å². The van der Waals surface area contributed by atoms with Crippen molar-refractivity contribution in [3.05, 3.63) is 18.0 Å². The van der Waals surface area contributed by atoms with Crippen LogP contribution in [0.25, 0.3) is 0 Å². The fourth-order valence-corrected chi connectivity index (χ4v) is 2.52. The molecule has 1 saturated heterocycles. The van der Waals surface area contributed by atoms with Gasteiger partial charge in [0.05, 0.1) is 0 Å². The van der Waals surface area contributed by atoms with Gasteiger partial charge >= 0.3 is 0 Å². The van der Waals surface area contributed by atoms with Crippen molar-refractivity contribution in [2.24, 2.45) is 0 Å². The molecule has 0 saturated carbocycles. The molecular weight excluding hydrogens is 170 g/mol. The van der Waals surface area contributed by atoms with E-state index < -0.39 is 0 Å². The fraction of sp³-hybridized carbons (Fsp3) is 0.625. The Labute approximate surface area is 76.3 Å². The van der Waals surface area contributed by atoms with E-state index in [1.54, 1.807) is 6.20 Å². The van der Waals surface area contributed by atoms with Crippen LogP contribution in [0.5, 0.6) is 0 Å². The Kier molecular flexibility index (Phi) is 2.68. The van der Waals surface area contributed by atoms with E-state index >= 15 is 0 Å². The number of aromatic amines is 1. The van der Waals surface area contributed by atoms with Crippen LogP contribution in [0.1, 0.15) is 12.1 Å². The second-order valence-electron chi connectivity index (χ2n) is 3.02. The van der Waals surface area contributed by atoms with E-state index in [2.05, 4.69) is 15.5 Å². The van der Waals surface area contributed by atoms with Crippen molar-refractivity contribution in [1.29, 1.82) is 0 Å². The number of aromatic nitrogens is 2. The first-order valence-electron chi connectivity index (χ1n) is 4.24. The van der Waals surface area contributed by atoms with Crippen LogP contribution >= 0.6 is 11.8 Å². The van der Waals surface area contributed by atoms with Gasteiger partial charge in [-0.1, -0.05) is 0 Å². The molecule has 66 valence electrons. The molecule has 0 aliphatic carbocycles. The molecule has 3 nitrogen and oxygen atoms in total. The summed E-state index contributed by atoms with van der Waals surface area (Å²) in [4.78, 5) is 0. The van der Waals surface area contributed by atoms with Crippen LogP contribution in [-0.2, 0) is 6.54 Å². The number of rotatable bonds is 3. The maximum atomic E-state index is 3.90. The summed E-state index contributed by atoms with van der Waals surface area (Å²) in [6.45, 7) is 0.922. The van der Waals surface area contributed by atoms with Gasteiger partial charge in [0.2, 0.25) is 0 Å². The number of thioether (sulfide) groups is 1. The van der Waals surface area contributed by atoms with Crippen LogP contribution in [0.4, 0.5) is 0 Å². The van der Waals surface area contributed by atoms with E-state index in [-0.39, 0.29) is 0 Å². The van der Waals surface area contributed by atoms with E-state index in [0.29, 0.717) is 6.04 Å². The van der Waals surface area contributed by atoms with Crippen LogP contribution in [0.3, 0.4) is 0 Å². The lowest BCUT2D eigenvalue weighted by Gasteiger charge is -2.08. The molecule has 1 aromatic rings. The van der Waals surface area contributed by atoms with Crippen molar-refractivity contribution in [3.8, 4) is 0 Å². The molecular formula is C8H13N3S. The summed E-state index contributed by atoms with van der Waals surface area (Å²) in [5.41, 5.74) is 1.17. The molecule has 1 aromatic heterocycles. The van der Waals surface area contributed by atoms with Crippen LogP contribution in [-0.4, -0.2) is 27.7 Å². The van der Waals surface area contributed by atoms with Crippen LogP contribution in [0.15, 0.2) is 12.3 Å². The molecule has 0 amide bonds. The highest BCUT2D eigenvalue weighted by molar-refractivity contribution is 7.99. The summed E-state index contributed by atoms with van der Waals surface area (Å²) in [5, 5.41) is 10.3. The van der Waals surface area contributed by atoms with Crippen LogP contribution in [0, 0.1) is 0 Å². The molecule has 1 fully saturated rings. The zero-order valence-electron chi connectivity index (χ0n) is 6.92. The van der Waals surface area contributed by atoms with Gasteiger partial charge in [0.1, 0.15) is 0 Å². The second kappa shape index (κ2) is 3.96. The molecule has 4 heteroatoms. The molecule has 1 aliphatic heterocycles. The minimum Gasteiger partial charge on any atom is -0.308 e. The van der Waals surface area contributed by atoms with Crippen molar-refractivity contribution in [1.82, 2.24) is 15.5 Å². The summed E-state index contributed by atoms with van der Waals surface area (Å²) in [6.07, 6.45) is 3.10. The summed E-state index contributed by atoms with van der Waals surface area (Å²) < 4.78 is 0. The maximum absolute atomic E-state index is 3.90. The van der Waals surface area contributed by atoms with Crippen molar-refractivity contribution in [2.75, 3.05) is 11.5 Å². The summed E-state index contributed by atoms with van der Waals surface area (Å²) >= 11 is 2.03. The summed E-state index contributed by atoms with van der Waals surface area (Å²) in [7, 11) is 0. The summed E-state index contributed by atoms with van der Waals surface area (Å²) in [5.74, 6) is 2.56. The molecule has 2 N–H and O–H groups in total. The molecule has 12 heavy (non-hydrogen) atoms. The third-order valence-electron chi connectivity index (χ3n) is 2.07. The van der Waals surface area contributed by atoms with Gasteiger partial charge in [-0.25, -0.2) is 0 Å². The van der Waals surface area contributed by atoms with E-state index in [4.69, 9.17) is 0 Å². The highest BCUT2D eigenvalue weighted by Gasteiger charge is 2.14. The molecule has 1 unspecified atom stereocenters. The quantitative estimate of drug-likeness (QED) is 0.734. The lowest BCUT2D eigenvalue weighted by Crippen LogP contribution is -2.28. The average Bonchev–Trinajstić information content (AvgIpc) is 2.74. The molecule has 2 rings (SSSR count). The van der Waals surface area contributed by atoms with Gasteiger partial charge in [-0.3, -0.25) is 5.10 Å². The Morgan fingerprint density at radius 3 is 3.42 bits per heavy atom. The van der Waals surface area contributed by atoms with Crippen LogP contribution in [0.2, 0.25) is 0 Å². The number of H-pyrrole nitrogens is 1. The first-order chi connectivity index (χ1) is 5.95. The first-order valence-corrected chi connectivity index (χ1v) is 5.40. The Bertz CT molecular complexity index is 216. The van der Waals surface area contributed by atoms with Gasteiger partial charge in [0.25, 0.3) is 0 Å². The Morgan fingerprint density at radius 2 is 2.75 bits per heavy atom. The largest absolute Gasteiger partial charge is 0.308 e.